The Bertz CT molecular complexity index is 1210. The van der Waals surface area contributed by atoms with Crippen LogP contribution in [0.5, 0.6) is 0 Å². The number of Topliss-reactive ketones (excluding diaryl/α,β-unsaturated/α-hetero) is 1. The third-order valence-corrected chi connectivity index (χ3v) is 8.17. The number of halogens is 1. The lowest BCUT2D eigenvalue weighted by atomic mass is 9.91. The van der Waals surface area contributed by atoms with Gasteiger partial charge in [0.05, 0.1) is 11.0 Å². The van der Waals surface area contributed by atoms with E-state index in [0.29, 0.717) is 18.4 Å². The first-order chi connectivity index (χ1) is 16.4. The SMILES string of the molecule is O=C(NC(Cc1ccc(F)cc1)C(=O)NC12CCCC1OCC2=O)c1csc(-c2cccs2)n1. The third-order valence-electron chi connectivity index (χ3n) is 6.29. The van der Waals surface area contributed by atoms with Gasteiger partial charge in [-0.25, -0.2) is 9.37 Å². The molecular formula is C24H22FN3O4S2. The van der Waals surface area contributed by atoms with Crippen molar-refractivity contribution in [3.8, 4) is 9.88 Å². The standard InChI is InChI=1S/C24H22FN3O4S2/c25-15-7-5-14(6-8-15)11-16(22(31)28-24-9-1-4-20(24)32-12-19(24)29)26-21(30)17-13-34-23(27-17)18-3-2-10-33-18/h2-3,5-8,10,13,16,20H,1,4,9,11-12H2,(H,26,30)(H,28,31). The van der Waals surface area contributed by atoms with Crippen molar-refractivity contribution in [2.75, 3.05) is 6.61 Å². The maximum absolute atomic E-state index is 13.4. The number of ketones is 1. The Morgan fingerprint density at radius 2 is 2.06 bits per heavy atom. The number of nitrogens with one attached hydrogen (secondary N) is 2. The van der Waals surface area contributed by atoms with Crippen molar-refractivity contribution in [3.05, 3.63) is 64.2 Å². The Morgan fingerprint density at radius 3 is 2.82 bits per heavy atom. The average Bonchev–Trinajstić information content (AvgIpc) is 3.61. The zero-order valence-electron chi connectivity index (χ0n) is 18.1. The van der Waals surface area contributed by atoms with E-state index in [1.54, 1.807) is 17.5 Å². The average molecular weight is 500 g/mol. The van der Waals surface area contributed by atoms with Crippen molar-refractivity contribution in [3.63, 3.8) is 0 Å². The van der Waals surface area contributed by atoms with Crippen molar-refractivity contribution in [1.82, 2.24) is 15.6 Å². The van der Waals surface area contributed by atoms with Gasteiger partial charge in [-0.1, -0.05) is 18.2 Å². The summed E-state index contributed by atoms with van der Waals surface area (Å²) in [6.45, 7) is -0.0236. The van der Waals surface area contributed by atoms with E-state index in [-0.39, 0.29) is 30.6 Å². The quantitative estimate of drug-likeness (QED) is 0.520. The first-order valence-corrected chi connectivity index (χ1v) is 12.7. The summed E-state index contributed by atoms with van der Waals surface area (Å²) < 4.78 is 19.0. The number of rotatable bonds is 7. The molecule has 0 radical (unpaired) electrons. The second-order valence-corrected chi connectivity index (χ2v) is 10.3. The first-order valence-electron chi connectivity index (χ1n) is 11.0. The van der Waals surface area contributed by atoms with Gasteiger partial charge in [0.1, 0.15) is 34.7 Å². The predicted molar refractivity (Wildman–Crippen MR) is 126 cm³/mol. The number of hydrogen-bond acceptors (Lipinski definition) is 7. The molecule has 3 unspecified atom stereocenters. The molecular weight excluding hydrogens is 477 g/mol. The molecule has 34 heavy (non-hydrogen) atoms. The number of thiazole rings is 1. The highest BCUT2D eigenvalue weighted by Crippen LogP contribution is 2.38. The highest BCUT2D eigenvalue weighted by Gasteiger charge is 2.55. The smallest absolute Gasteiger partial charge is 0.271 e. The van der Waals surface area contributed by atoms with E-state index < -0.39 is 29.2 Å². The van der Waals surface area contributed by atoms with Gasteiger partial charge in [-0.2, -0.15) is 0 Å². The van der Waals surface area contributed by atoms with Crippen molar-refractivity contribution in [1.29, 1.82) is 0 Å². The molecule has 176 valence electrons. The van der Waals surface area contributed by atoms with Crippen molar-refractivity contribution in [2.45, 2.75) is 43.4 Å². The number of ether oxygens (including phenoxy) is 1. The minimum Gasteiger partial charge on any atom is -0.367 e. The summed E-state index contributed by atoms with van der Waals surface area (Å²) in [6, 6.07) is 8.61. The zero-order chi connectivity index (χ0) is 23.7. The molecule has 2 fully saturated rings. The van der Waals surface area contributed by atoms with Crippen LogP contribution in [0.3, 0.4) is 0 Å². The summed E-state index contributed by atoms with van der Waals surface area (Å²) in [6.07, 6.45) is 1.77. The van der Waals surface area contributed by atoms with Crippen LogP contribution in [0.4, 0.5) is 4.39 Å². The second-order valence-electron chi connectivity index (χ2n) is 8.45. The maximum atomic E-state index is 13.4. The van der Waals surface area contributed by atoms with Gasteiger partial charge >= 0.3 is 0 Å². The molecule has 5 rings (SSSR count). The molecule has 1 aliphatic heterocycles. The van der Waals surface area contributed by atoms with Crippen molar-refractivity contribution < 1.29 is 23.5 Å². The van der Waals surface area contributed by atoms with E-state index in [4.69, 9.17) is 4.74 Å². The van der Waals surface area contributed by atoms with Crippen LogP contribution >= 0.6 is 22.7 Å². The van der Waals surface area contributed by atoms with Crippen LogP contribution in [0.15, 0.2) is 47.2 Å². The normalized spacial score (nSPS) is 22.4. The molecule has 1 aliphatic carbocycles. The third kappa shape index (κ3) is 4.40. The first kappa shape index (κ1) is 22.8. The minimum atomic E-state index is -1.05. The van der Waals surface area contributed by atoms with Gasteiger partial charge < -0.3 is 15.4 Å². The van der Waals surface area contributed by atoms with Crippen LogP contribution in [0.25, 0.3) is 9.88 Å². The molecule has 1 saturated carbocycles. The number of benzene rings is 1. The molecule has 1 saturated heterocycles. The van der Waals surface area contributed by atoms with Crippen LogP contribution in [-0.2, 0) is 20.7 Å². The summed E-state index contributed by atoms with van der Waals surface area (Å²) in [4.78, 5) is 44.4. The molecule has 0 bridgehead atoms. The summed E-state index contributed by atoms with van der Waals surface area (Å²) in [5.41, 5.74) is -0.160. The molecule has 3 atom stereocenters. The van der Waals surface area contributed by atoms with Crippen molar-refractivity contribution >= 4 is 40.3 Å². The van der Waals surface area contributed by atoms with Gasteiger partial charge in [0, 0.05) is 11.8 Å². The van der Waals surface area contributed by atoms with Gasteiger partial charge in [0.15, 0.2) is 5.78 Å². The van der Waals surface area contributed by atoms with E-state index >= 15 is 0 Å². The van der Waals surface area contributed by atoms with Gasteiger partial charge in [0.2, 0.25) is 5.91 Å². The van der Waals surface area contributed by atoms with Crippen LogP contribution in [0.2, 0.25) is 0 Å². The molecule has 2 amide bonds. The number of thiophene rings is 1. The van der Waals surface area contributed by atoms with E-state index in [1.165, 1.54) is 34.8 Å². The van der Waals surface area contributed by atoms with Gasteiger partial charge in [-0.3, -0.25) is 14.4 Å². The highest BCUT2D eigenvalue weighted by atomic mass is 32.1. The monoisotopic (exact) mass is 499 g/mol. The number of carbonyl (C=O) groups excluding carboxylic acids is 3. The Hall–Kier alpha value is -2.95. The number of fused-ring (bicyclic) bond motifs is 1. The molecule has 2 N–H and O–H groups in total. The Balaban J connectivity index is 1.36. The van der Waals surface area contributed by atoms with Crippen LogP contribution in [0.1, 0.15) is 35.3 Å². The number of aromatic nitrogens is 1. The fourth-order valence-corrected chi connectivity index (χ4v) is 6.15. The van der Waals surface area contributed by atoms with Crippen LogP contribution in [0, 0.1) is 5.82 Å². The Morgan fingerprint density at radius 1 is 1.24 bits per heavy atom. The second kappa shape index (κ2) is 9.36. The number of nitrogens with zero attached hydrogens (tertiary/aromatic N) is 1. The lowest BCUT2D eigenvalue weighted by Gasteiger charge is -2.30. The Labute approximate surface area is 203 Å². The Kier molecular flexibility index (Phi) is 6.28. The van der Waals surface area contributed by atoms with E-state index in [1.807, 2.05) is 17.5 Å². The van der Waals surface area contributed by atoms with Gasteiger partial charge in [-0.05, 0) is 48.4 Å². The van der Waals surface area contributed by atoms with Gasteiger partial charge in [-0.15, -0.1) is 22.7 Å². The fourth-order valence-electron chi connectivity index (χ4n) is 4.53. The van der Waals surface area contributed by atoms with E-state index in [0.717, 1.165) is 16.3 Å². The fraction of sp³-hybridized carbons (Fsp3) is 0.333. The molecule has 2 aliphatic rings. The summed E-state index contributed by atoms with van der Waals surface area (Å²) >= 11 is 2.88. The molecule has 10 heteroatoms. The summed E-state index contributed by atoms with van der Waals surface area (Å²) in [5, 5.41) is 9.98. The molecule has 3 heterocycles. The van der Waals surface area contributed by atoms with E-state index in [2.05, 4.69) is 15.6 Å². The number of amides is 2. The summed E-state index contributed by atoms with van der Waals surface area (Å²) in [5.74, 6) is -1.50. The van der Waals surface area contributed by atoms with Crippen molar-refractivity contribution in [2.24, 2.45) is 0 Å². The number of hydrogen-bond donors (Lipinski definition) is 2. The topological polar surface area (TPSA) is 97.4 Å². The van der Waals surface area contributed by atoms with Crippen LogP contribution < -0.4 is 10.6 Å². The maximum Gasteiger partial charge on any atom is 0.271 e. The van der Waals surface area contributed by atoms with E-state index in [9.17, 15) is 18.8 Å². The minimum absolute atomic E-state index is 0.0236. The van der Waals surface area contributed by atoms with Gasteiger partial charge in [0.25, 0.3) is 5.91 Å². The predicted octanol–water partition coefficient (Wildman–Crippen LogP) is 3.36. The lowest BCUT2D eigenvalue weighted by molar-refractivity contribution is -0.131. The molecule has 3 aromatic rings. The molecule has 0 spiro atoms. The zero-order valence-corrected chi connectivity index (χ0v) is 19.7. The number of carbonyl (C=O) groups is 3. The molecule has 1 aromatic carbocycles. The highest BCUT2D eigenvalue weighted by molar-refractivity contribution is 7.20. The molecule has 2 aromatic heterocycles. The largest absolute Gasteiger partial charge is 0.367 e. The summed E-state index contributed by atoms with van der Waals surface area (Å²) in [7, 11) is 0. The van der Waals surface area contributed by atoms with Crippen LogP contribution in [-0.4, -0.2) is 46.9 Å². The molecule has 7 nitrogen and oxygen atoms in total. The lowest BCUT2D eigenvalue weighted by Crippen LogP contribution is -2.60.